The molecule has 3 aromatic carbocycles. The SMILES string of the molecule is COc1cccc(C2OCCO2)c1/C=C/C(=O)c1ccc2cc(NCCO)ccc2c1. The van der Waals surface area contributed by atoms with Crippen LogP contribution >= 0.6 is 0 Å². The van der Waals surface area contributed by atoms with Crippen molar-refractivity contribution >= 4 is 28.3 Å². The maximum absolute atomic E-state index is 12.9. The highest BCUT2D eigenvalue weighted by molar-refractivity contribution is 6.09. The van der Waals surface area contributed by atoms with Gasteiger partial charge in [0.2, 0.25) is 0 Å². The van der Waals surface area contributed by atoms with Crippen LogP contribution < -0.4 is 10.1 Å². The smallest absolute Gasteiger partial charge is 0.185 e. The third kappa shape index (κ3) is 4.77. The van der Waals surface area contributed by atoms with Crippen LogP contribution in [0.15, 0.2) is 60.7 Å². The molecule has 0 bridgehead atoms. The molecule has 3 aromatic rings. The molecule has 1 heterocycles. The monoisotopic (exact) mass is 419 g/mol. The number of fused-ring (bicyclic) bond motifs is 1. The normalized spacial score (nSPS) is 14.4. The number of methoxy groups -OCH3 is 1. The van der Waals surface area contributed by atoms with Crippen LogP contribution in [0, 0.1) is 0 Å². The van der Waals surface area contributed by atoms with Crippen molar-refractivity contribution < 1.29 is 24.1 Å². The van der Waals surface area contributed by atoms with E-state index in [-0.39, 0.29) is 12.4 Å². The van der Waals surface area contributed by atoms with Gasteiger partial charge in [0.05, 0.1) is 26.9 Å². The average Bonchev–Trinajstić information content (AvgIpc) is 3.35. The number of benzene rings is 3. The highest BCUT2D eigenvalue weighted by Crippen LogP contribution is 2.33. The summed E-state index contributed by atoms with van der Waals surface area (Å²) in [7, 11) is 1.60. The summed E-state index contributed by atoms with van der Waals surface area (Å²) in [5.74, 6) is 0.552. The fraction of sp³-hybridized carbons (Fsp3) is 0.240. The third-order valence-corrected chi connectivity index (χ3v) is 5.16. The lowest BCUT2D eigenvalue weighted by Gasteiger charge is -2.15. The topological polar surface area (TPSA) is 77.0 Å². The molecule has 0 saturated carbocycles. The number of ether oxygens (including phenoxy) is 3. The molecule has 0 unspecified atom stereocenters. The maximum Gasteiger partial charge on any atom is 0.185 e. The van der Waals surface area contributed by atoms with Gasteiger partial charge in [0, 0.05) is 28.9 Å². The summed E-state index contributed by atoms with van der Waals surface area (Å²) in [4.78, 5) is 12.9. The lowest BCUT2D eigenvalue weighted by atomic mass is 10.0. The molecule has 0 aromatic heterocycles. The quantitative estimate of drug-likeness (QED) is 0.421. The van der Waals surface area contributed by atoms with Crippen molar-refractivity contribution in [3.05, 3.63) is 77.4 Å². The molecule has 160 valence electrons. The molecule has 0 spiro atoms. The second-order valence-corrected chi connectivity index (χ2v) is 7.16. The standard InChI is InChI=1S/C25H25NO5/c1-29-24-4-2-3-22(25-30-13-14-31-25)21(24)9-10-23(28)19-6-5-18-16-20(26-11-12-27)8-7-17(18)15-19/h2-10,15-16,25-27H,11-14H2,1H3/b10-9+. The van der Waals surface area contributed by atoms with Gasteiger partial charge < -0.3 is 24.6 Å². The van der Waals surface area contributed by atoms with Crippen LogP contribution in [-0.2, 0) is 9.47 Å². The van der Waals surface area contributed by atoms with Gasteiger partial charge >= 0.3 is 0 Å². The summed E-state index contributed by atoms with van der Waals surface area (Å²) >= 11 is 0. The molecule has 1 aliphatic rings. The predicted octanol–water partition coefficient (Wildman–Crippen LogP) is 4.19. The van der Waals surface area contributed by atoms with Crippen LogP contribution in [0.3, 0.4) is 0 Å². The molecule has 2 N–H and O–H groups in total. The van der Waals surface area contributed by atoms with Gasteiger partial charge in [-0.05, 0) is 47.2 Å². The maximum atomic E-state index is 12.9. The Hall–Kier alpha value is -3.19. The minimum Gasteiger partial charge on any atom is -0.496 e. The molecular weight excluding hydrogens is 394 g/mol. The third-order valence-electron chi connectivity index (χ3n) is 5.16. The predicted molar refractivity (Wildman–Crippen MR) is 121 cm³/mol. The second kappa shape index (κ2) is 9.75. The average molecular weight is 419 g/mol. The zero-order chi connectivity index (χ0) is 21.6. The number of aliphatic hydroxyl groups excluding tert-OH is 1. The van der Waals surface area contributed by atoms with Gasteiger partial charge in [0.25, 0.3) is 0 Å². The first-order chi connectivity index (χ1) is 15.2. The number of ketones is 1. The van der Waals surface area contributed by atoms with E-state index >= 15 is 0 Å². The number of anilines is 1. The van der Waals surface area contributed by atoms with E-state index in [1.165, 1.54) is 0 Å². The van der Waals surface area contributed by atoms with Gasteiger partial charge in [-0.25, -0.2) is 0 Å². The Bertz CT molecular complexity index is 1100. The van der Waals surface area contributed by atoms with Crippen molar-refractivity contribution in [2.24, 2.45) is 0 Å². The number of carbonyl (C=O) groups is 1. The molecular formula is C25H25NO5. The van der Waals surface area contributed by atoms with Gasteiger partial charge in [-0.2, -0.15) is 0 Å². The minimum atomic E-state index is -0.459. The molecule has 0 atom stereocenters. The van der Waals surface area contributed by atoms with E-state index in [2.05, 4.69) is 5.32 Å². The van der Waals surface area contributed by atoms with E-state index < -0.39 is 6.29 Å². The lowest BCUT2D eigenvalue weighted by Crippen LogP contribution is -2.05. The highest BCUT2D eigenvalue weighted by Gasteiger charge is 2.22. The summed E-state index contributed by atoms with van der Waals surface area (Å²) in [6, 6.07) is 17.2. The second-order valence-electron chi connectivity index (χ2n) is 7.16. The summed E-state index contributed by atoms with van der Waals surface area (Å²) in [6.45, 7) is 1.65. The Morgan fingerprint density at radius 3 is 2.68 bits per heavy atom. The minimum absolute atomic E-state index is 0.0741. The first-order valence-electron chi connectivity index (χ1n) is 10.2. The Morgan fingerprint density at radius 2 is 1.90 bits per heavy atom. The Balaban J connectivity index is 1.58. The van der Waals surface area contributed by atoms with E-state index in [9.17, 15) is 4.79 Å². The van der Waals surface area contributed by atoms with E-state index in [1.807, 2.05) is 54.6 Å². The number of allylic oxidation sites excluding steroid dienone is 1. The molecule has 1 saturated heterocycles. The largest absolute Gasteiger partial charge is 0.496 e. The first-order valence-corrected chi connectivity index (χ1v) is 10.2. The van der Waals surface area contributed by atoms with E-state index in [4.69, 9.17) is 19.3 Å². The zero-order valence-corrected chi connectivity index (χ0v) is 17.3. The summed E-state index contributed by atoms with van der Waals surface area (Å²) in [5, 5.41) is 14.1. The zero-order valence-electron chi connectivity index (χ0n) is 17.3. The van der Waals surface area contributed by atoms with Crippen LogP contribution in [0.5, 0.6) is 5.75 Å². The van der Waals surface area contributed by atoms with Gasteiger partial charge in [0.1, 0.15) is 5.75 Å². The Morgan fingerprint density at radius 1 is 1.13 bits per heavy atom. The fourth-order valence-electron chi connectivity index (χ4n) is 3.63. The molecule has 6 nitrogen and oxygen atoms in total. The highest BCUT2D eigenvalue weighted by atomic mass is 16.7. The molecule has 0 aliphatic carbocycles. The van der Waals surface area contributed by atoms with Crippen LogP contribution in [-0.4, -0.2) is 44.4 Å². The van der Waals surface area contributed by atoms with Crippen molar-refractivity contribution in [2.75, 3.05) is 38.8 Å². The van der Waals surface area contributed by atoms with Crippen molar-refractivity contribution in [1.29, 1.82) is 0 Å². The van der Waals surface area contributed by atoms with Gasteiger partial charge in [0.15, 0.2) is 12.1 Å². The summed E-state index contributed by atoms with van der Waals surface area (Å²) < 4.78 is 16.8. The molecule has 1 aliphatic heterocycles. The molecule has 1 fully saturated rings. The number of carbonyl (C=O) groups excluding carboxylic acids is 1. The Kier molecular flexibility index (Phi) is 6.62. The number of hydrogen-bond donors (Lipinski definition) is 2. The van der Waals surface area contributed by atoms with Crippen LogP contribution in [0.25, 0.3) is 16.8 Å². The molecule has 0 amide bonds. The lowest BCUT2D eigenvalue weighted by molar-refractivity contribution is -0.0443. The molecule has 0 radical (unpaired) electrons. The van der Waals surface area contributed by atoms with Crippen LogP contribution in [0.2, 0.25) is 0 Å². The van der Waals surface area contributed by atoms with Gasteiger partial charge in [-0.1, -0.05) is 30.3 Å². The summed E-state index contributed by atoms with van der Waals surface area (Å²) in [5.41, 5.74) is 3.14. The van der Waals surface area contributed by atoms with Gasteiger partial charge in [-0.3, -0.25) is 4.79 Å². The van der Waals surface area contributed by atoms with Crippen LogP contribution in [0.4, 0.5) is 5.69 Å². The van der Waals surface area contributed by atoms with Crippen molar-refractivity contribution in [3.8, 4) is 5.75 Å². The van der Waals surface area contributed by atoms with Gasteiger partial charge in [-0.15, -0.1) is 0 Å². The summed E-state index contributed by atoms with van der Waals surface area (Å²) in [6.07, 6.45) is 2.85. The molecule has 6 heteroatoms. The fourth-order valence-corrected chi connectivity index (χ4v) is 3.63. The van der Waals surface area contributed by atoms with Crippen molar-refractivity contribution in [3.63, 3.8) is 0 Å². The number of hydrogen-bond acceptors (Lipinski definition) is 6. The molecule has 31 heavy (non-hydrogen) atoms. The number of aliphatic hydroxyl groups is 1. The van der Waals surface area contributed by atoms with Crippen LogP contribution in [0.1, 0.15) is 27.8 Å². The van der Waals surface area contributed by atoms with Crippen molar-refractivity contribution in [1.82, 2.24) is 0 Å². The molecule has 4 rings (SSSR count). The van der Waals surface area contributed by atoms with Crippen molar-refractivity contribution in [2.45, 2.75) is 6.29 Å². The van der Waals surface area contributed by atoms with E-state index in [0.29, 0.717) is 31.1 Å². The Labute approximate surface area is 181 Å². The van der Waals surface area contributed by atoms with E-state index in [1.54, 1.807) is 19.3 Å². The number of rotatable bonds is 8. The number of nitrogens with one attached hydrogen (secondary N) is 1. The van der Waals surface area contributed by atoms with E-state index in [0.717, 1.165) is 27.6 Å². The first kappa shape index (κ1) is 21.1.